The monoisotopic (exact) mass is 245 g/mol. The zero-order valence-electron chi connectivity index (χ0n) is 11.2. The summed E-state index contributed by atoms with van der Waals surface area (Å²) < 4.78 is 0. The quantitative estimate of drug-likeness (QED) is 0.162. The Bertz CT molecular complexity index is 228. The van der Waals surface area contributed by atoms with Crippen LogP contribution in [0.15, 0.2) is 5.16 Å². The zero-order valence-corrected chi connectivity index (χ0v) is 11.2. The highest BCUT2D eigenvalue weighted by Gasteiger charge is 2.20. The highest BCUT2D eigenvalue weighted by molar-refractivity contribution is 5.79. The normalized spacial score (nSPS) is 16.2. The van der Waals surface area contributed by atoms with Gasteiger partial charge < -0.3 is 21.4 Å². The lowest BCUT2D eigenvalue weighted by molar-refractivity contribution is 0.0387. The van der Waals surface area contributed by atoms with Gasteiger partial charge in [0.2, 0.25) is 0 Å². The molecule has 0 bridgehead atoms. The number of hydrogen-bond acceptors (Lipinski definition) is 4. The third-order valence-corrected chi connectivity index (χ3v) is 2.52. The Labute approximate surface area is 104 Å². The van der Waals surface area contributed by atoms with E-state index < -0.39 is 5.60 Å². The SMILES string of the molecule is CC(C)CC(C)(O)CNCCCCC(N)=NO. The van der Waals surface area contributed by atoms with Crippen molar-refractivity contribution in [1.82, 2.24) is 5.32 Å². The molecule has 0 fully saturated rings. The summed E-state index contributed by atoms with van der Waals surface area (Å²) in [7, 11) is 0. The largest absolute Gasteiger partial charge is 0.409 e. The molecule has 0 aliphatic heterocycles. The van der Waals surface area contributed by atoms with E-state index >= 15 is 0 Å². The van der Waals surface area contributed by atoms with Crippen LogP contribution in [0.1, 0.15) is 46.5 Å². The molecule has 0 saturated carbocycles. The summed E-state index contributed by atoms with van der Waals surface area (Å²) >= 11 is 0. The average Bonchev–Trinajstić information content (AvgIpc) is 2.20. The Balaban J connectivity index is 3.51. The first-order chi connectivity index (χ1) is 7.87. The van der Waals surface area contributed by atoms with Gasteiger partial charge in [-0.05, 0) is 38.6 Å². The summed E-state index contributed by atoms with van der Waals surface area (Å²) in [4.78, 5) is 0. The van der Waals surface area contributed by atoms with Gasteiger partial charge in [0.15, 0.2) is 0 Å². The molecule has 17 heavy (non-hydrogen) atoms. The second-order valence-corrected chi connectivity index (χ2v) is 5.32. The maximum atomic E-state index is 10.0. The van der Waals surface area contributed by atoms with Crippen molar-refractivity contribution in [1.29, 1.82) is 0 Å². The van der Waals surface area contributed by atoms with Gasteiger partial charge in [-0.3, -0.25) is 0 Å². The minimum Gasteiger partial charge on any atom is -0.409 e. The number of oxime groups is 1. The minimum absolute atomic E-state index is 0.275. The minimum atomic E-state index is -0.639. The molecule has 0 radical (unpaired) electrons. The van der Waals surface area contributed by atoms with Crippen LogP contribution >= 0.6 is 0 Å². The number of hydrogen-bond donors (Lipinski definition) is 4. The molecule has 5 nitrogen and oxygen atoms in total. The molecule has 0 rings (SSSR count). The van der Waals surface area contributed by atoms with Gasteiger partial charge in [0, 0.05) is 13.0 Å². The van der Waals surface area contributed by atoms with Crippen LogP contribution in [0.2, 0.25) is 0 Å². The third kappa shape index (κ3) is 10.1. The smallest absolute Gasteiger partial charge is 0.139 e. The molecular formula is C12H27N3O2. The number of aliphatic hydroxyl groups is 1. The summed E-state index contributed by atoms with van der Waals surface area (Å²) in [6.07, 6.45) is 3.24. The van der Waals surface area contributed by atoms with Crippen molar-refractivity contribution >= 4 is 5.84 Å². The molecule has 0 aromatic carbocycles. The van der Waals surface area contributed by atoms with Crippen LogP contribution in [0.4, 0.5) is 0 Å². The lowest BCUT2D eigenvalue weighted by atomic mass is 9.94. The van der Waals surface area contributed by atoms with Crippen LogP contribution in [-0.2, 0) is 0 Å². The van der Waals surface area contributed by atoms with Crippen LogP contribution in [0, 0.1) is 5.92 Å². The number of amidine groups is 1. The molecule has 1 unspecified atom stereocenters. The topological polar surface area (TPSA) is 90.9 Å². The van der Waals surface area contributed by atoms with Gasteiger partial charge in [0.05, 0.1) is 5.60 Å². The van der Waals surface area contributed by atoms with Crippen molar-refractivity contribution in [3.8, 4) is 0 Å². The van der Waals surface area contributed by atoms with Gasteiger partial charge in [-0.2, -0.15) is 0 Å². The Hall–Kier alpha value is -0.810. The second kappa shape index (κ2) is 8.31. The Kier molecular flexibility index (Phi) is 7.91. The Morgan fingerprint density at radius 1 is 1.41 bits per heavy atom. The van der Waals surface area contributed by atoms with E-state index in [0.29, 0.717) is 18.9 Å². The van der Waals surface area contributed by atoms with E-state index in [9.17, 15) is 5.11 Å². The fourth-order valence-corrected chi connectivity index (χ4v) is 1.92. The third-order valence-electron chi connectivity index (χ3n) is 2.52. The molecule has 1 atom stereocenters. The maximum Gasteiger partial charge on any atom is 0.139 e. The van der Waals surface area contributed by atoms with Gasteiger partial charge in [-0.25, -0.2) is 0 Å². The number of nitrogens with two attached hydrogens (primary N) is 1. The molecule has 0 heterocycles. The standard InChI is InChI=1S/C12H27N3O2/c1-10(2)8-12(3,16)9-14-7-5-4-6-11(13)15-17/h10,14,16-17H,4-9H2,1-3H3,(H2,13,15). The molecule has 0 saturated heterocycles. The van der Waals surface area contributed by atoms with Crippen LogP contribution in [0.5, 0.6) is 0 Å². The molecule has 0 aromatic heterocycles. The van der Waals surface area contributed by atoms with Gasteiger partial charge in [-0.1, -0.05) is 19.0 Å². The highest BCUT2D eigenvalue weighted by Crippen LogP contribution is 2.14. The summed E-state index contributed by atoms with van der Waals surface area (Å²) in [5.41, 5.74) is 4.71. The van der Waals surface area contributed by atoms with Crippen molar-refractivity contribution in [3.63, 3.8) is 0 Å². The Morgan fingerprint density at radius 3 is 2.59 bits per heavy atom. The van der Waals surface area contributed by atoms with E-state index in [-0.39, 0.29) is 5.84 Å². The molecule has 102 valence electrons. The summed E-state index contributed by atoms with van der Waals surface area (Å²) in [6, 6.07) is 0. The van der Waals surface area contributed by atoms with Crippen LogP contribution < -0.4 is 11.1 Å². The molecule has 0 aliphatic carbocycles. The molecule has 0 aromatic rings. The van der Waals surface area contributed by atoms with Gasteiger partial charge >= 0.3 is 0 Å². The molecule has 5 heteroatoms. The molecule has 0 spiro atoms. The van der Waals surface area contributed by atoms with Gasteiger partial charge in [0.1, 0.15) is 5.84 Å². The van der Waals surface area contributed by atoms with E-state index in [1.807, 2.05) is 6.92 Å². The van der Waals surface area contributed by atoms with E-state index in [1.165, 1.54) is 0 Å². The highest BCUT2D eigenvalue weighted by atomic mass is 16.4. The molecule has 5 N–H and O–H groups in total. The predicted molar refractivity (Wildman–Crippen MR) is 70.2 cm³/mol. The lowest BCUT2D eigenvalue weighted by Gasteiger charge is -2.25. The summed E-state index contributed by atoms with van der Waals surface area (Å²) in [6.45, 7) is 7.51. The summed E-state index contributed by atoms with van der Waals surface area (Å²) in [5, 5.41) is 24.5. The first kappa shape index (κ1) is 16.2. The van der Waals surface area contributed by atoms with Crippen LogP contribution in [-0.4, -0.2) is 34.8 Å². The average molecular weight is 245 g/mol. The van der Waals surface area contributed by atoms with Crippen LogP contribution in [0.25, 0.3) is 0 Å². The number of nitrogens with zero attached hydrogens (tertiary/aromatic N) is 1. The first-order valence-electron chi connectivity index (χ1n) is 6.27. The number of unbranched alkanes of at least 4 members (excludes halogenated alkanes) is 1. The summed E-state index contributed by atoms with van der Waals surface area (Å²) in [5.74, 6) is 0.768. The van der Waals surface area contributed by atoms with Gasteiger partial charge in [0.25, 0.3) is 0 Å². The van der Waals surface area contributed by atoms with E-state index in [0.717, 1.165) is 25.8 Å². The molecule has 0 amide bonds. The molecule has 0 aliphatic rings. The fourth-order valence-electron chi connectivity index (χ4n) is 1.92. The second-order valence-electron chi connectivity index (χ2n) is 5.32. The van der Waals surface area contributed by atoms with E-state index in [4.69, 9.17) is 10.9 Å². The van der Waals surface area contributed by atoms with Crippen molar-refractivity contribution in [2.24, 2.45) is 16.8 Å². The van der Waals surface area contributed by atoms with E-state index in [2.05, 4.69) is 24.3 Å². The van der Waals surface area contributed by atoms with E-state index in [1.54, 1.807) is 0 Å². The van der Waals surface area contributed by atoms with Gasteiger partial charge in [-0.15, -0.1) is 0 Å². The van der Waals surface area contributed by atoms with Crippen molar-refractivity contribution < 1.29 is 10.3 Å². The first-order valence-corrected chi connectivity index (χ1v) is 6.27. The number of nitrogens with one attached hydrogen (secondary N) is 1. The van der Waals surface area contributed by atoms with Crippen molar-refractivity contribution in [3.05, 3.63) is 0 Å². The van der Waals surface area contributed by atoms with Crippen molar-refractivity contribution in [2.75, 3.05) is 13.1 Å². The number of rotatable bonds is 9. The van der Waals surface area contributed by atoms with Crippen LogP contribution in [0.3, 0.4) is 0 Å². The molecular weight excluding hydrogens is 218 g/mol. The predicted octanol–water partition coefficient (Wildman–Crippen LogP) is 1.29. The fraction of sp³-hybridized carbons (Fsp3) is 0.917. The Morgan fingerprint density at radius 2 is 2.06 bits per heavy atom. The lowest BCUT2D eigenvalue weighted by Crippen LogP contribution is -2.39. The zero-order chi connectivity index (χ0) is 13.3. The maximum absolute atomic E-state index is 10.0. The van der Waals surface area contributed by atoms with Crippen molar-refractivity contribution in [2.45, 2.75) is 52.1 Å².